The zero-order valence-electron chi connectivity index (χ0n) is 13.6. The summed E-state index contributed by atoms with van der Waals surface area (Å²) in [6.07, 6.45) is 0. The Morgan fingerprint density at radius 2 is 1.73 bits per heavy atom. The highest BCUT2D eigenvalue weighted by Gasteiger charge is 2.35. The number of aliphatic imine (C=N–C) groups is 1. The van der Waals surface area contributed by atoms with Gasteiger partial charge >= 0.3 is 0 Å². The van der Waals surface area contributed by atoms with Gasteiger partial charge in [-0.25, -0.2) is 0 Å². The zero-order chi connectivity index (χ0) is 18.1. The van der Waals surface area contributed by atoms with Crippen molar-refractivity contribution in [1.82, 2.24) is 0 Å². The summed E-state index contributed by atoms with van der Waals surface area (Å²) in [4.78, 5) is 17.6. The number of nitrogens with zero attached hydrogens (tertiary/aromatic N) is 1. The monoisotopic (exact) mass is 424 g/mol. The van der Waals surface area contributed by atoms with Crippen LogP contribution in [0.2, 0.25) is 5.02 Å². The van der Waals surface area contributed by atoms with Crippen LogP contribution in [-0.2, 0) is 4.79 Å². The molecule has 0 aromatic heterocycles. The lowest BCUT2D eigenvalue weighted by molar-refractivity contribution is -0.115. The second-order valence-electron chi connectivity index (χ2n) is 5.99. The first-order chi connectivity index (χ1) is 12.6. The van der Waals surface area contributed by atoms with Gasteiger partial charge in [0.15, 0.2) is 0 Å². The molecule has 3 aromatic carbocycles. The number of fused-ring (bicyclic) bond motifs is 1. The van der Waals surface area contributed by atoms with Gasteiger partial charge in [-0.05, 0) is 47.5 Å². The Morgan fingerprint density at radius 1 is 1.00 bits per heavy atom. The smallest absolute Gasteiger partial charge is 0.238 e. The van der Waals surface area contributed by atoms with E-state index in [0.717, 1.165) is 27.0 Å². The number of benzene rings is 3. The first-order valence-corrected chi connectivity index (χ1v) is 9.29. The highest BCUT2D eigenvalue weighted by Crippen LogP contribution is 2.37. The summed E-state index contributed by atoms with van der Waals surface area (Å²) in [6.45, 7) is 0. The maximum atomic E-state index is 12.8. The Hall–Kier alpha value is -2.43. The molecule has 0 fully saturated rings. The molecular weight excluding hydrogens is 412 g/mol. The third-order valence-electron chi connectivity index (χ3n) is 4.27. The molecule has 26 heavy (non-hydrogen) atoms. The Labute approximate surface area is 164 Å². The summed E-state index contributed by atoms with van der Waals surface area (Å²) in [5.74, 6) is -0.574. The predicted octanol–water partition coefficient (Wildman–Crippen LogP) is 5.96. The van der Waals surface area contributed by atoms with E-state index in [1.165, 1.54) is 0 Å². The standard InChI is InChI=1S/C21H14BrClN2O/c22-14-6-9-16(10-7-14)24-20(13-4-2-1-3-5-13)19-17-11-8-15(23)12-18(17)25-21(19)26/h1-12,19H,(H,25,26). The van der Waals surface area contributed by atoms with Crippen LogP contribution in [0.5, 0.6) is 0 Å². The van der Waals surface area contributed by atoms with Crippen molar-refractivity contribution in [3.63, 3.8) is 0 Å². The van der Waals surface area contributed by atoms with Crippen LogP contribution in [0.1, 0.15) is 17.0 Å². The highest BCUT2D eigenvalue weighted by molar-refractivity contribution is 9.10. The molecule has 1 unspecified atom stereocenters. The van der Waals surface area contributed by atoms with E-state index < -0.39 is 5.92 Å². The maximum Gasteiger partial charge on any atom is 0.238 e. The number of rotatable bonds is 3. The fourth-order valence-corrected chi connectivity index (χ4v) is 3.50. The highest BCUT2D eigenvalue weighted by atomic mass is 79.9. The Balaban J connectivity index is 1.87. The molecule has 3 aromatic rings. The molecule has 5 heteroatoms. The van der Waals surface area contributed by atoms with E-state index in [1.54, 1.807) is 12.1 Å². The zero-order valence-corrected chi connectivity index (χ0v) is 16.0. The molecule has 3 nitrogen and oxygen atoms in total. The number of hydrogen-bond donors (Lipinski definition) is 1. The van der Waals surface area contributed by atoms with Gasteiger partial charge in [-0.2, -0.15) is 0 Å². The maximum absolute atomic E-state index is 12.8. The Kier molecular flexibility index (Phi) is 4.62. The summed E-state index contributed by atoms with van der Waals surface area (Å²) in [5, 5.41) is 3.52. The number of hydrogen-bond acceptors (Lipinski definition) is 2. The van der Waals surface area contributed by atoms with Crippen LogP contribution in [0.3, 0.4) is 0 Å². The quantitative estimate of drug-likeness (QED) is 0.517. The number of carbonyl (C=O) groups is 1. The molecule has 1 aliphatic rings. The van der Waals surface area contributed by atoms with E-state index in [1.807, 2.05) is 60.7 Å². The van der Waals surface area contributed by atoms with Crippen LogP contribution >= 0.6 is 27.5 Å². The fourth-order valence-electron chi connectivity index (χ4n) is 3.07. The molecule has 1 amide bonds. The van der Waals surface area contributed by atoms with Crippen molar-refractivity contribution in [2.75, 3.05) is 5.32 Å². The number of amides is 1. The van der Waals surface area contributed by atoms with Gasteiger partial charge < -0.3 is 5.32 Å². The molecule has 4 rings (SSSR count). The first kappa shape index (κ1) is 17.0. The molecule has 0 saturated carbocycles. The minimum absolute atomic E-state index is 0.0954. The fraction of sp³-hybridized carbons (Fsp3) is 0.0476. The van der Waals surface area contributed by atoms with Crippen molar-refractivity contribution >= 4 is 50.5 Å². The van der Waals surface area contributed by atoms with Crippen LogP contribution in [0.25, 0.3) is 0 Å². The SMILES string of the molecule is O=C1Nc2cc(Cl)ccc2C1C(=Nc1ccc(Br)cc1)c1ccccc1. The van der Waals surface area contributed by atoms with Crippen molar-refractivity contribution in [3.05, 3.63) is 93.4 Å². The van der Waals surface area contributed by atoms with Crippen LogP contribution < -0.4 is 5.32 Å². The van der Waals surface area contributed by atoms with Crippen LogP contribution in [0.4, 0.5) is 11.4 Å². The topological polar surface area (TPSA) is 41.5 Å². The molecule has 0 radical (unpaired) electrons. The third kappa shape index (κ3) is 3.30. The second-order valence-corrected chi connectivity index (χ2v) is 7.35. The largest absolute Gasteiger partial charge is 0.325 e. The molecular formula is C21H14BrClN2O. The molecule has 128 valence electrons. The number of carbonyl (C=O) groups excluding carboxylic acids is 1. The van der Waals surface area contributed by atoms with Crippen LogP contribution in [0, 0.1) is 0 Å². The second kappa shape index (κ2) is 7.06. The van der Waals surface area contributed by atoms with Crippen molar-refractivity contribution < 1.29 is 4.79 Å². The number of nitrogens with one attached hydrogen (secondary N) is 1. The van der Waals surface area contributed by atoms with Crippen molar-refractivity contribution in [2.24, 2.45) is 4.99 Å². The minimum Gasteiger partial charge on any atom is -0.325 e. The van der Waals surface area contributed by atoms with E-state index >= 15 is 0 Å². The average molecular weight is 426 g/mol. The van der Waals surface area contributed by atoms with Gasteiger partial charge in [-0.1, -0.05) is 63.9 Å². The van der Waals surface area contributed by atoms with Crippen LogP contribution in [-0.4, -0.2) is 11.6 Å². The summed E-state index contributed by atoms with van der Waals surface area (Å²) in [6, 6.07) is 23.0. The molecule has 1 aliphatic heterocycles. The van der Waals surface area contributed by atoms with Gasteiger partial charge in [0.2, 0.25) is 5.91 Å². The predicted molar refractivity (Wildman–Crippen MR) is 110 cm³/mol. The lowest BCUT2D eigenvalue weighted by atomic mass is 9.90. The lowest BCUT2D eigenvalue weighted by Crippen LogP contribution is -2.21. The van der Waals surface area contributed by atoms with E-state index in [2.05, 4.69) is 21.2 Å². The molecule has 0 aliphatic carbocycles. The Bertz CT molecular complexity index is 1000. The molecule has 0 bridgehead atoms. The minimum atomic E-state index is -0.478. The third-order valence-corrected chi connectivity index (χ3v) is 5.03. The normalized spacial score (nSPS) is 16.3. The van der Waals surface area contributed by atoms with E-state index in [9.17, 15) is 4.79 Å². The Morgan fingerprint density at radius 3 is 2.46 bits per heavy atom. The molecule has 1 N–H and O–H groups in total. The summed E-state index contributed by atoms with van der Waals surface area (Å²) in [5.41, 5.74) is 4.05. The first-order valence-electron chi connectivity index (χ1n) is 8.12. The van der Waals surface area contributed by atoms with Gasteiger partial charge in [-0.15, -0.1) is 0 Å². The van der Waals surface area contributed by atoms with Gasteiger partial charge in [0.25, 0.3) is 0 Å². The summed E-state index contributed by atoms with van der Waals surface area (Å²) in [7, 11) is 0. The molecule has 0 spiro atoms. The summed E-state index contributed by atoms with van der Waals surface area (Å²) >= 11 is 9.51. The van der Waals surface area contributed by atoms with Crippen molar-refractivity contribution in [2.45, 2.75) is 5.92 Å². The van der Waals surface area contributed by atoms with Gasteiger partial charge in [0, 0.05) is 15.2 Å². The van der Waals surface area contributed by atoms with Crippen molar-refractivity contribution in [3.8, 4) is 0 Å². The number of halogens is 2. The van der Waals surface area contributed by atoms with E-state index in [-0.39, 0.29) is 5.91 Å². The summed E-state index contributed by atoms with van der Waals surface area (Å²) < 4.78 is 0.983. The van der Waals surface area contributed by atoms with Gasteiger partial charge in [0.1, 0.15) is 5.92 Å². The molecule has 1 atom stereocenters. The van der Waals surface area contributed by atoms with Gasteiger partial charge in [-0.3, -0.25) is 9.79 Å². The number of anilines is 1. The average Bonchev–Trinajstić information content (AvgIpc) is 2.97. The van der Waals surface area contributed by atoms with Crippen LogP contribution in [0.15, 0.2) is 82.3 Å². The molecule has 0 saturated heterocycles. The molecule has 1 heterocycles. The van der Waals surface area contributed by atoms with Gasteiger partial charge in [0.05, 0.1) is 11.4 Å². The van der Waals surface area contributed by atoms with E-state index in [0.29, 0.717) is 10.7 Å². The lowest BCUT2D eigenvalue weighted by Gasteiger charge is -2.14. The van der Waals surface area contributed by atoms with Crippen molar-refractivity contribution in [1.29, 1.82) is 0 Å². The van der Waals surface area contributed by atoms with E-state index in [4.69, 9.17) is 16.6 Å².